The van der Waals surface area contributed by atoms with Gasteiger partial charge in [0.05, 0.1) is 6.54 Å². The number of rotatable bonds is 5. The van der Waals surface area contributed by atoms with Gasteiger partial charge in [-0.25, -0.2) is 9.55 Å². The molecule has 2 rings (SSSR count). The van der Waals surface area contributed by atoms with Crippen LogP contribution in [-0.4, -0.2) is 33.7 Å². The number of carbonyl (C=O) groups excluding carboxylic acids is 1. The first kappa shape index (κ1) is 16.8. The predicted molar refractivity (Wildman–Crippen MR) is 79.8 cm³/mol. The molecule has 0 radical (unpaired) electrons. The average Bonchev–Trinajstić information content (AvgIpc) is 2.54. The van der Waals surface area contributed by atoms with Gasteiger partial charge in [-0.15, -0.1) is 0 Å². The lowest BCUT2D eigenvalue weighted by Gasteiger charge is -2.18. The van der Waals surface area contributed by atoms with E-state index in [1.165, 1.54) is 37.4 Å². The van der Waals surface area contributed by atoms with Gasteiger partial charge in [0, 0.05) is 17.5 Å². The van der Waals surface area contributed by atoms with Crippen molar-refractivity contribution >= 4 is 11.7 Å². The predicted octanol–water partition coefficient (Wildman–Crippen LogP) is 1.39. The van der Waals surface area contributed by atoms with Crippen molar-refractivity contribution < 1.29 is 18.7 Å². The number of aryl methyl sites for hydroxylation is 1. The van der Waals surface area contributed by atoms with Gasteiger partial charge in [-0.1, -0.05) is 30.3 Å². The number of aliphatic hydroxyl groups is 1. The summed E-state index contributed by atoms with van der Waals surface area (Å²) in [7, 11) is 0. The number of halogens is 2. The van der Waals surface area contributed by atoms with Gasteiger partial charge in [-0.3, -0.25) is 9.59 Å². The number of hydrogen-bond acceptors (Lipinski definition) is 5. The Morgan fingerprint density at radius 1 is 1.35 bits per heavy atom. The van der Waals surface area contributed by atoms with Crippen LogP contribution in [0.15, 0.2) is 41.3 Å². The van der Waals surface area contributed by atoms with E-state index >= 15 is 0 Å². The molecule has 2 N–H and O–H groups in total. The first-order valence-electron chi connectivity index (χ1n) is 6.77. The largest absolute Gasteiger partial charge is 0.387 e. The fourth-order valence-electron chi connectivity index (χ4n) is 2.02. The highest BCUT2D eigenvalue weighted by Gasteiger charge is 2.31. The van der Waals surface area contributed by atoms with Crippen molar-refractivity contribution in [2.24, 2.45) is 0 Å². The standard InChI is InChI=1S/C15H15F2N3O3/c1-10-7-18-13(14(23)20(10)12(22)8-21)19-9-15(16,17)11-5-3-2-4-6-11/h2-7,21H,8-9H2,1H3,(H,18,19). The van der Waals surface area contributed by atoms with Gasteiger partial charge < -0.3 is 10.4 Å². The lowest BCUT2D eigenvalue weighted by Crippen LogP contribution is -2.35. The summed E-state index contributed by atoms with van der Waals surface area (Å²) < 4.78 is 28.8. The number of hydrogen-bond donors (Lipinski definition) is 2. The molecule has 0 atom stereocenters. The molecule has 2 aromatic rings. The summed E-state index contributed by atoms with van der Waals surface area (Å²) in [4.78, 5) is 27.4. The highest BCUT2D eigenvalue weighted by atomic mass is 19.3. The van der Waals surface area contributed by atoms with E-state index in [4.69, 9.17) is 5.11 Å². The zero-order valence-electron chi connectivity index (χ0n) is 12.3. The van der Waals surface area contributed by atoms with E-state index in [1.807, 2.05) is 0 Å². The molecular weight excluding hydrogens is 308 g/mol. The van der Waals surface area contributed by atoms with Crippen LogP contribution >= 0.6 is 0 Å². The van der Waals surface area contributed by atoms with Crippen molar-refractivity contribution in [3.63, 3.8) is 0 Å². The topological polar surface area (TPSA) is 84.2 Å². The zero-order chi connectivity index (χ0) is 17.0. The maximum atomic E-state index is 14.1. The molecule has 0 amide bonds. The SMILES string of the molecule is Cc1cnc(NCC(F)(F)c2ccccc2)c(=O)n1C(=O)CO. The molecule has 0 saturated carbocycles. The Bertz CT molecular complexity index is 760. The summed E-state index contributed by atoms with van der Waals surface area (Å²) in [5.74, 6) is -4.45. The van der Waals surface area contributed by atoms with Crippen LogP contribution in [0.4, 0.5) is 14.6 Å². The molecule has 6 nitrogen and oxygen atoms in total. The van der Waals surface area contributed by atoms with Crippen LogP contribution in [0.2, 0.25) is 0 Å². The van der Waals surface area contributed by atoms with Crippen LogP contribution in [0.5, 0.6) is 0 Å². The molecule has 1 heterocycles. The van der Waals surface area contributed by atoms with Crippen molar-refractivity contribution in [1.29, 1.82) is 0 Å². The minimum Gasteiger partial charge on any atom is -0.387 e. The van der Waals surface area contributed by atoms with Crippen LogP contribution in [0.3, 0.4) is 0 Å². The zero-order valence-corrected chi connectivity index (χ0v) is 12.3. The second kappa shape index (κ2) is 6.66. The Morgan fingerprint density at radius 2 is 2.00 bits per heavy atom. The number of anilines is 1. The van der Waals surface area contributed by atoms with Crippen LogP contribution in [0, 0.1) is 6.92 Å². The molecule has 1 aromatic carbocycles. The van der Waals surface area contributed by atoms with Crippen molar-refractivity contribution in [3.05, 3.63) is 58.1 Å². The molecule has 23 heavy (non-hydrogen) atoms. The maximum absolute atomic E-state index is 14.1. The summed E-state index contributed by atoms with van der Waals surface area (Å²) in [6.07, 6.45) is 1.19. The van der Waals surface area contributed by atoms with Gasteiger partial charge in [0.1, 0.15) is 6.61 Å². The third kappa shape index (κ3) is 3.59. The number of aromatic nitrogens is 2. The maximum Gasteiger partial charge on any atom is 0.300 e. The number of nitrogens with one attached hydrogen (secondary N) is 1. The van der Waals surface area contributed by atoms with Gasteiger partial charge in [-0.05, 0) is 6.92 Å². The molecule has 0 spiro atoms. The Morgan fingerprint density at radius 3 is 2.61 bits per heavy atom. The van der Waals surface area contributed by atoms with E-state index in [0.717, 1.165) is 0 Å². The lowest BCUT2D eigenvalue weighted by molar-refractivity contribution is 0.0105. The average molecular weight is 323 g/mol. The summed E-state index contributed by atoms with van der Waals surface area (Å²) >= 11 is 0. The summed E-state index contributed by atoms with van der Waals surface area (Å²) in [6.45, 7) is -0.273. The molecule has 0 aliphatic rings. The van der Waals surface area contributed by atoms with E-state index in [9.17, 15) is 18.4 Å². The Kier molecular flexibility index (Phi) is 4.85. The molecule has 122 valence electrons. The van der Waals surface area contributed by atoms with Crippen LogP contribution < -0.4 is 10.9 Å². The highest BCUT2D eigenvalue weighted by Crippen LogP contribution is 2.27. The van der Waals surface area contributed by atoms with Crippen molar-refractivity contribution in [2.45, 2.75) is 12.8 Å². The third-order valence-electron chi connectivity index (χ3n) is 3.20. The number of alkyl halides is 2. The van der Waals surface area contributed by atoms with Crippen LogP contribution in [0.1, 0.15) is 16.1 Å². The fourth-order valence-corrected chi connectivity index (χ4v) is 2.02. The summed E-state index contributed by atoms with van der Waals surface area (Å²) in [5.41, 5.74) is -0.881. The quantitative estimate of drug-likeness (QED) is 0.869. The Balaban J connectivity index is 2.25. The Labute approximate surface area is 130 Å². The molecule has 8 heteroatoms. The van der Waals surface area contributed by atoms with Gasteiger partial charge in [0.15, 0.2) is 5.82 Å². The van der Waals surface area contributed by atoms with Gasteiger partial charge in [0.25, 0.3) is 17.4 Å². The van der Waals surface area contributed by atoms with E-state index in [-0.39, 0.29) is 17.1 Å². The van der Waals surface area contributed by atoms with Gasteiger partial charge >= 0.3 is 0 Å². The van der Waals surface area contributed by atoms with E-state index in [2.05, 4.69) is 10.3 Å². The van der Waals surface area contributed by atoms with Crippen molar-refractivity contribution in [1.82, 2.24) is 9.55 Å². The van der Waals surface area contributed by atoms with Crippen LogP contribution in [0.25, 0.3) is 0 Å². The van der Waals surface area contributed by atoms with Crippen molar-refractivity contribution in [3.8, 4) is 0 Å². The molecule has 0 aliphatic carbocycles. The molecular formula is C15H15F2N3O3. The molecule has 0 unspecified atom stereocenters. The lowest BCUT2D eigenvalue weighted by atomic mass is 10.1. The number of aliphatic hydroxyl groups excluding tert-OH is 1. The Hall–Kier alpha value is -2.61. The van der Waals surface area contributed by atoms with E-state index in [0.29, 0.717) is 4.57 Å². The van der Waals surface area contributed by atoms with E-state index in [1.54, 1.807) is 6.07 Å². The fraction of sp³-hybridized carbons (Fsp3) is 0.267. The molecule has 0 fully saturated rings. The molecule has 0 bridgehead atoms. The van der Waals surface area contributed by atoms with Crippen LogP contribution in [-0.2, 0) is 5.92 Å². The minimum atomic E-state index is -3.22. The van der Waals surface area contributed by atoms with Gasteiger partial charge in [-0.2, -0.15) is 8.78 Å². The number of nitrogens with zero attached hydrogens (tertiary/aromatic N) is 2. The summed E-state index contributed by atoms with van der Waals surface area (Å²) in [5, 5.41) is 11.1. The normalized spacial score (nSPS) is 11.3. The summed E-state index contributed by atoms with van der Waals surface area (Å²) in [6, 6.07) is 7.14. The minimum absolute atomic E-state index is 0.202. The molecule has 0 aliphatic heterocycles. The molecule has 1 aromatic heterocycles. The second-order valence-corrected chi connectivity index (χ2v) is 4.86. The monoisotopic (exact) mass is 323 g/mol. The number of benzene rings is 1. The third-order valence-corrected chi connectivity index (χ3v) is 3.20. The highest BCUT2D eigenvalue weighted by molar-refractivity contribution is 5.80. The van der Waals surface area contributed by atoms with Gasteiger partial charge in [0.2, 0.25) is 0 Å². The van der Waals surface area contributed by atoms with Crippen molar-refractivity contribution in [2.75, 3.05) is 18.5 Å². The van der Waals surface area contributed by atoms with E-state index < -0.39 is 30.5 Å². The second-order valence-electron chi connectivity index (χ2n) is 4.86. The first-order valence-corrected chi connectivity index (χ1v) is 6.77. The first-order chi connectivity index (χ1) is 10.9. The molecule has 0 saturated heterocycles. The smallest absolute Gasteiger partial charge is 0.300 e. The number of carbonyl (C=O) groups is 1.